The lowest BCUT2D eigenvalue weighted by Crippen LogP contribution is -2.51. The number of thiazole rings is 1. The SMILES string of the molecule is Cc1nc(-c2ccccc2)sc1C(=O)O[C@H](C)C(=O)N1[C@@H](C)CCC[C@@H]1C. The van der Waals surface area contributed by atoms with Crippen LogP contribution in [0.25, 0.3) is 10.6 Å². The normalized spacial score (nSPS) is 21.0. The van der Waals surface area contributed by atoms with E-state index in [0.717, 1.165) is 29.8 Å². The van der Waals surface area contributed by atoms with Gasteiger partial charge in [-0.15, -0.1) is 11.3 Å². The zero-order chi connectivity index (χ0) is 19.6. The van der Waals surface area contributed by atoms with Crippen LogP contribution in [-0.2, 0) is 9.53 Å². The van der Waals surface area contributed by atoms with Crippen molar-refractivity contribution in [2.75, 3.05) is 0 Å². The molecule has 1 aliphatic heterocycles. The molecule has 2 heterocycles. The lowest BCUT2D eigenvalue weighted by Gasteiger charge is -2.40. The third-order valence-electron chi connectivity index (χ3n) is 5.08. The van der Waals surface area contributed by atoms with Crippen molar-refractivity contribution in [1.29, 1.82) is 0 Å². The number of carbonyl (C=O) groups is 2. The summed E-state index contributed by atoms with van der Waals surface area (Å²) in [6.07, 6.45) is 2.31. The van der Waals surface area contributed by atoms with Gasteiger partial charge < -0.3 is 9.64 Å². The summed E-state index contributed by atoms with van der Waals surface area (Å²) in [6, 6.07) is 10.1. The van der Waals surface area contributed by atoms with Gasteiger partial charge in [-0.3, -0.25) is 4.79 Å². The van der Waals surface area contributed by atoms with Crippen LogP contribution < -0.4 is 0 Å². The fourth-order valence-corrected chi connectivity index (χ4v) is 4.57. The van der Waals surface area contributed by atoms with Gasteiger partial charge in [0.15, 0.2) is 6.10 Å². The van der Waals surface area contributed by atoms with Gasteiger partial charge in [0, 0.05) is 17.6 Å². The van der Waals surface area contributed by atoms with Crippen molar-refractivity contribution in [3.05, 3.63) is 40.9 Å². The Morgan fingerprint density at radius 2 is 1.81 bits per heavy atom. The zero-order valence-electron chi connectivity index (χ0n) is 16.3. The number of esters is 1. The Balaban J connectivity index is 1.71. The van der Waals surface area contributed by atoms with E-state index < -0.39 is 12.1 Å². The van der Waals surface area contributed by atoms with Crippen LogP contribution in [0.2, 0.25) is 0 Å². The number of piperidine rings is 1. The molecule has 27 heavy (non-hydrogen) atoms. The summed E-state index contributed by atoms with van der Waals surface area (Å²) in [5.41, 5.74) is 1.59. The smallest absolute Gasteiger partial charge is 0.351 e. The number of ether oxygens (including phenoxy) is 1. The van der Waals surface area contributed by atoms with E-state index in [1.165, 1.54) is 11.3 Å². The average molecular weight is 387 g/mol. The van der Waals surface area contributed by atoms with Crippen LogP contribution in [0.15, 0.2) is 30.3 Å². The molecule has 0 saturated carbocycles. The first kappa shape index (κ1) is 19.5. The summed E-state index contributed by atoms with van der Waals surface area (Å²) in [5.74, 6) is -0.598. The number of carbonyl (C=O) groups excluding carboxylic acids is 2. The van der Waals surface area contributed by atoms with E-state index >= 15 is 0 Å². The molecule has 0 aliphatic carbocycles. The third kappa shape index (κ3) is 4.21. The molecule has 1 aromatic heterocycles. The molecule has 1 amide bonds. The largest absolute Gasteiger partial charge is 0.448 e. The van der Waals surface area contributed by atoms with E-state index in [1.54, 1.807) is 13.8 Å². The van der Waals surface area contributed by atoms with Crippen LogP contribution in [0.4, 0.5) is 0 Å². The highest BCUT2D eigenvalue weighted by Gasteiger charge is 2.33. The second kappa shape index (κ2) is 8.21. The molecule has 2 aromatic rings. The van der Waals surface area contributed by atoms with E-state index in [1.807, 2.05) is 35.2 Å². The molecule has 1 saturated heterocycles. The number of hydrogen-bond donors (Lipinski definition) is 0. The minimum atomic E-state index is -0.804. The molecule has 1 fully saturated rings. The Morgan fingerprint density at radius 1 is 1.19 bits per heavy atom. The predicted octanol–water partition coefficient (Wildman–Crippen LogP) is 4.45. The second-order valence-electron chi connectivity index (χ2n) is 7.22. The van der Waals surface area contributed by atoms with Crippen molar-refractivity contribution in [3.63, 3.8) is 0 Å². The van der Waals surface area contributed by atoms with Gasteiger partial charge >= 0.3 is 5.97 Å². The number of aromatic nitrogens is 1. The number of aryl methyl sites for hydroxylation is 1. The fourth-order valence-electron chi connectivity index (χ4n) is 3.62. The molecule has 3 rings (SSSR count). The Labute approximate surface area is 164 Å². The van der Waals surface area contributed by atoms with Crippen LogP contribution in [0.1, 0.15) is 55.4 Å². The molecule has 1 aromatic carbocycles. The first-order chi connectivity index (χ1) is 12.9. The molecule has 0 bridgehead atoms. The molecule has 0 unspecified atom stereocenters. The quantitative estimate of drug-likeness (QED) is 0.728. The minimum Gasteiger partial charge on any atom is -0.448 e. The Bertz CT molecular complexity index is 808. The Morgan fingerprint density at radius 3 is 2.44 bits per heavy atom. The Hall–Kier alpha value is -2.21. The molecule has 5 nitrogen and oxygen atoms in total. The highest BCUT2D eigenvalue weighted by molar-refractivity contribution is 7.17. The molecular formula is C21H26N2O3S. The zero-order valence-corrected chi connectivity index (χ0v) is 17.1. The first-order valence-electron chi connectivity index (χ1n) is 9.44. The van der Waals surface area contributed by atoms with Gasteiger partial charge in [0.25, 0.3) is 5.91 Å². The van der Waals surface area contributed by atoms with Gasteiger partial charge in [-0.05, 0) is 47.0 Å². The minimum absolute atomic E-state index is 0.117. The number of rotatable bonds is 4. The summed E-state index contributed by atoms with van der Waals surface area (Å²) < 4.78 is 5.52. The maximum absolute atomic E-state index is 12.8. The molecule has 0 spiro atoms. The van der Waals surface area contributed by atoms with Crippen LogP contribution >= 0.6 is 11.3 Å². The molecule has 6 heteroatoms. The van der Waals surface area contributed by atoms with E-state index in [-0.39, 0.29) is 18.0 Å². The summed E-state index contributed by atoms with van der Waals surface area (Å²) in [4.78, 5) is 32.3. The van der Waals surface area contributed by atoms with E-state index in [2.05, 4.69) is 18.8 Å². The topological polar surface area (TPSA) is 59.5 Å². The van der Waals surface area contributed by atoms with Crippen LogP contribution in [0, 0.1) is 6.92 Å². The molecule has 1 aliphatic rings. The maximum Gasteiger partial charge on any atom is 0.351 e. The number of amides is 1. The lowest BCUT2D eigenvalue weighted by molar-refractivity contribution is -0.146. The third-order valence-corrected chi connectivity index (χ3v) is 6.27. The van der Waals surface area contributed by atoms with Crippen molar-refractivity contribution in [2.45, 2.75) is 65.1 Å². The number of benzene rings is 1. The molecule has 144 valence electrons. The van der Waals surface area contributed by atoms with Gasteiger partial charge in [-0.25, -0.2) is 9.78 Å². The molecule has 3 atom stereocenters. The van der Waals surface area contributed by atoms with Crippen molar-refractivity contribution in [2.24, 2.45) is 0 Å². The molecular weight excluding hydrogens is 360 g/mol. The fraction of sp³-hybridized carbons (Fsp3) is 0.476. The van der Waals surface area contributed by atoms with Gasteiger partial charge in [0.1, 0.15) is 9.88 Å². The highest BCUT2D eigenvalue weighted by atomic mass is 32.1. The number of likely N-dealkylation sites (tertiary alicyclic amines) is 1. The van der Waals surface area contributed by atoms with Gasteiger partial charge in [0.05, 0.1) is 5.69 Å². The number of nitrogens with zero attached hydrogens (tertiary/aromatic N) is 2. The summed E-state index contributed by atoms with van der Waals surface area (Å²) >= 11 is 1.30. The molecule has 0 N–H and O–H groups in total. The van der Waals surface area contributed by atoms with Crippen molar-refractivity contribution in [1.82, 2.24) is 9.88 Å². The van der Waals surface area contributed by atoms with Crippen molar-refractivity contribution < 1.29 is 14.3 Å². The van der Waals surface area contributed by atoms with Crippen LogP contribution in [0.5, 0.6) is 0 Å². The van der Waals surface area contributed by atoms with Gasteiger partial charge in [-0.2, -0.15) is 0 Å². The number of hydrogen-bond acceptors (Lipinski definition) is 5. The van der Waals surface area contributed by atoms with Crippen LogP contribution in [-0.4, -0.2) is 39.9 Å². The van der Waals surface area contributed by atoms with Gasteiger partial charge in [0.2, 0.25) is 0 Å². The standard InChI is InChI=1S/C21H26N2O3S/c1-13-9-8-10-14(2)23(13)20(24)16(4)26-21(25)18-15(3)22-19(27-18)17-11-6-5-7-12-17/h5-7,11-14,16H,8-10H2,1-4H3/t13-,14-,16+/m0/s1. The lowest BCUT2D eigenvalue weighted by atomic mass is 9.97. The summed E-state index contributed by atoms with van der Waals surface area (Å²) in [6.45, 7) is 7.56. The van der Waals surface area contributed by atoms with E-state index in [9.17, 15) is 9.59 Å². The highest BCUT2D eigenvalue weighted by Crippen LogP contribution is 2.29. The van der Waals surface area contributed by atoms with Crippen LogP contribution in [0.3, 0.4) is 0 Å². The Kier molecular flexibility index (Phi) is 5.95. The van der Waals surface area contributed by atoms with E-state index in [4.69, 9.17) is 4.74 Å². The van der Waals surface area contributed by atoms with Crippen molar-refractivity contribution in [3.8, 4) is 10.6 Å². The second-order valence-corrected chi connectivity index (χ2v) is 8.22. The predicted molar refractivity (Wildman–Crippen MR) is 107 cm³/mol. The first-order valence-corrected chi connectivity index (χ1v) is 10.3. The summed E-state index contributed by atoms with van der Waals surface area (Å²) in [5, 5.41) is 0.775. The average Bonchev–Trinajstić information content (AvgIpc) is 3.04. The van der Waals surface area contributed by atoms with E-state index in [0.29, 0.717) is 10.6 Å². The summed E-state index contributed by atoms with van der Waals surface area (Å²) in [7, 11) is 0. The van der Waals surface area contributed by atoms with Gasteiger partial charge in [-0.1, -0.05) is 30.3 Å². The maximum atomic E-state index is 12.8. The monoisotopic (exact) mass is 386 g/mol. The molecule has 0 radical (unpaired) electrons. The van der Waals surface area contributed by atoms with Crippen molar-refractivity contribution >= 4 is 23.2 Å².